The van der Waals surface area contributed by atoms with Gasteiger partial charge in [0.1, 0.15) is 0 Å². The summed E-state index contributed by atoms with van der Waals surface area (Å²) >= 11 is 15.0. The van der Waals surface area contributed by atoms with Crippen molar-refractivity contribution in [3.63, 3.8) is 0 Å². The Labute approximate surface area is 120 Å². The molecule has 0 atom stereocenters. The van der Waals surface area contributed by atoms with Crippen molar-refractivity contribution < 1.29 is 0 Å². The number of aromatic nitrogens is 2. The van der Waals surface area contributed by atoms with Crippen molar-refractivity contribution in [2.24, 2.45) is 0 Å². The molecule has 2 aromatic rings. The Bertz CT molecular complexity index is 709. The van der Waals surface area contributed by atoms with E-state index < -0.39 is 11.2 Å². The molecule has 2 rings (SSSR count). The van der Waals surface area contributed by atoms with Gasteiger partial charge in [0.15, 0.2) is 0 Å². The molecular formula is C11H7BrCl2N2O2. The van der Waals surface area contributed by atoms with E-state index >= 15 is 0 Å². The van der Waals surface area contributed by atoms with Gasteiger partial charge in [0, 0.05) is 6.20 Å². The molecule has 1 N–H and O–H groups in total. The number of rotatable bonds is 2. The standard InChI is InChI=1S/C11H7BrCl2N2O2/c12-7-4-15-11(18)16(10(7)17)5-6-2-1-3-8(13)9(6)14/h1-4H,5H2,(H,15,18). The number of nitrogens with zero attached hydrogens (tertiary/aromatic N) is 1. The lowest BCUT2D eigenvalue weighted by Crippen LogP contribution is -2.35. The quantitative estimate of drug-likeness (QED) is 0.906. The molecule has 4 nitrogen and oxygen atoms in total. The lowest BCUT2D eigenvalue weighted by molar-refractivity contribution is 0.694. The van der Waals surface area contributed by atoms with Gasteiger partial charge in [-0.15, -0.1) is 0 Å². The van der Waals surface area contributed by atoms with E-state index in [1.807, 2.05) is 0 Å². The predicted octanol–water partition coefficient (Wildman–Crippen LogP) is 2.65. The molecule has 0 amide bonds. The van der Waals surface area contributed by atoms with Gasteiger partial charge in [0.25, 0.3) is 5.56 Å². The van der Waals surface area contributed by atoms with Gasteiger partial charge in [-0.25, -0.2) is 4.79 Å². The second kappa shape index (κ2) is 5.30. The third-order valence-electron chi connectivity index (χ3n) is 2.38. The molecule has 94 valence electrons. The van der Waals surface area contributed by atoms with Crippen LogP contribution in [0.2, 0.25) is 10.0 Å². The number of aromatic amines is 1. The van der Waals surface area contributed by atoms with E-state index in [1.165, 1.54) is 6.20 Å². The van der Waals surface area contributed by atoms with Gasteiger partial charge >= 0.3 is 5.69 Å². The average molecular weight is 350 g/mol. The molecule has 0 saturated carbocycles. The molecule has 0 unspecified atom stereocenters. The first kappa shape index (κ1) is 13.4. The normalized spacial score (nSPS) is 10.6. The van der Waals surface area contributed by atoms with Crippen LogP contribution in [0.25, 0.3) is 0 Å². The van der Waals surface area contributed by atoms with Gasteiger partial charge in [0.2, 0.25) is 0 Å². The maximum absolute atomic E-state index is 11.8. The van der Waals surface area contributed by atoms with E-state index in [1.54, 1.807) is 18.2 Å². The van der Waals surface area contributed by atoms with E-state index in [0.29, 0.717) is 15.6 Å². The molecular weight excluding hydrogens is 343 g/mol. The van der Waals surface area contributed by atoms with Gasteiger partial charge in [0.05, 0.1) is 21.1 Å². The number of halogens is 3. The predicted molar refractivity (Wildman–Crippen MR) is 74.6 cm³/mol. The van der Waals surface area contributed by atoms with Crippen LogP contribution >= 0.6 is 39.1 Å². The molecule has 0 radical (unpaired) electrons. The van der Waals surface area contributed by atoms with Crippen LogP contribution in [0.3, 0.4) is 0 Å². The Morgan fingerprint density at radius 3 is 2.72 bits per heavy atom. The zero-order chi connectivity index (χ0) is 13.3. The smallest absolute Gasteiger partial charge is 0.313 e. The third-order valence-corrected chi connectivity index (χ3v) is 3.80. The highest BCUT2D eigenvalue weighted by Gasteiger charge is 2.09. The molecule has 18 heavy (non-hydrogen) atoms. The molecule has 0 saturated heterocycles. The first-order chi connectivity index (χ1) is 8.50. The minimum Gasteiger partial charge on any atom is -0.313 e. The fourth-order valence-corrected chi connectivity index (χ4v) is 2.18. The molecule has 0 aliphatic carbocycles. The number of hydrogen-bond donors (Lipinski definition) is 1. The Morgan fingerprint density at radius 1 is 1.28 bits per heavy atom. The maximum atomic E-state index is 11.8. The third kappa shape index (κ3) is 2.53. The summed E-state index contributed by atoms with van der Waals surface area (Å²) in [5.74, 6) is 0. The SMILES string of the molecule is O=c1[nH]cc(Br)c(=O)n1Cc1cccc(Cl)c1Cl. The van der Waals surface area contributed by atoms with Crippen molar-refractivity contribution in [1.29, 1.82) is 0 Å². The van der Waals surface area contributed by atoms with Crippen molar-refractivity contribution in [2.45, 2.75) is 6.54 Å². The number of hydrogen-bond acceptors (Lipinski definition) is 2. The van der Waals surface area contributed by atoms with Crippen LogP contribution in [-0.4, -0.2) is 9.55 Å². The molecule has 1 aromatic heterocycles. The van der Waals surface area contributed by atoms with Crippen LogP contribution in [0, 0.1) is 0 Å². The number of benzene rings is 1. The highest BCUT2D eigenvalue weighted by atomic mass is 79.9. The summed E-state index contributed by atoms with van der Waals surface area (Å²) in [5.41, 5.74) is -0.316. The van der Waals surface area contributed by atoms with E-state index in [2.05, 4.69) is 20.9 Å². The number of H-pyrrole nitrogens is 1. The van der Waals surface area contributed by atoms with Gasteiger partial charge in [-0.1, -0.05) is 35.3 Å². The maximum Gasteiger partial charge on any atom is 0.328 e. The van der Waals surface area contributed by atoms with Crippen LogP contribution in [0.1, 0.15) is 5.56 Å². The van der Waals surface area contributed by atoms with Crippen LogP contribution in [0.5, 0.6) is 0 Å². The summed E-state index contributed by atoms with van der Waals surface area (Å²) in [7, 11) is 0. The van der Waals surface area contributed by atoms with Crippen molar-refractivity contribution in [2.75, 3.05) is 0 Å². The monoisotopic (exact) mass is 348 g/mol. The second-order valence-electron chi connectivity index (χ2n) is 3.55. The fourth-order valence-electron chi connectivity index (χ4n) is 1.47. The highest BCUT2D eigenvalue weighted by molar-refractivity contribution is 9.10. The first-order valence-electron chi connectivity index (χ1n) is 4.91. The lowest BCUT2D eigenvalue weighted by atomic mass is 10.2. The van der Waals surface area contributed by atoms with Crippen LogP contribution < -0.4 is 11.2 Å². The minimum absolute atomic E-state index is 0.0625. The zero-order valence-electron chi connectivity index (χ0n) is 8.91. The topological polar surface area (TPSA) is 54.9 Å². The minimum atomic E-state index is -0.501. The zero-order valence-corrected chi connectivity index (χ0v) is 12.0. The molecule has 0 aliphatic heterocycles. The molecule has 1 aromatic carbocycles. The Balaban J connectivity index is 2.53. The Kier molecular flexibility index (Phi) is 3.94. The molecule has 0 aliphatic rings. The van der Waals surface area contributed by atoms with Crippen molar-refractivity contribution >= 4 is 39.1 Å². The summed E-state index contributed by atoms with van der Waals surface area (Å²) in [5, 5.41) is 0.721. The first-order valence-corrected chi connectivity index (χ1v) is 6.46. The molecule has 0 bridgehead atoms. The van der Waals surface area contributed by atoms with Crippen molar-refractivity contribution in [3.05, 3.63) is 65.3 Å². The van der Waals surface area contributed by atoms with Crippen molar-refractivity contribution in [1.82, 2.24) is 9.55 Å². The highest BCUT2D eigenvalue weighted by Crippen LogP contribution is 2.25. The second-order valence-corrected chi connectivity index (χ2v) is 5.19. The molecule has 7 heteroatoms. The van der Waals surface area contributed by atoms with E-state index in [-0.39, 0.29) is 11.0 Å². The van der Waals surface area contributed by atoms with E-state index in [4.69, 9.17) is 23.2 Å². The molecule has 0 spiro atoms. The van der Waals surface area contributed by atoms with Crippen LogP contribution in [-0.2, 0) is 6.54 Å². The Morgan fingerprint density at radius 2 is 2.00 bits per heavy atom. The lowest BCUT2D eigenvalue weighted by Gasteiger charge is -2.07. The van der Waals surface area contributed by atoms with Gasteiger partial charge in [-0.05, 0) is 27.6 Å². The summed E-state index contributed by atoms with van der Waals surface area (Å²) in [6.45, 7) is 0.0625. The summed E-state index contributed by atoms with van der Waals surface area (Å²) in [6, 6.07) is 5.06. The fraction of sp³-hybridized carbons (Fsp3) is 0.0909. The molecule has 1 heterocycles. The van der Waals surface area contributed by atoms with Crippen LogP contribution in [0.4, 0.5) is 0 Å². The average Bonchev–Trinajstić information content (AvgIpc) is 2.35. The summed E-state index contributed by atoms with van der Waals surface area (Å²) < 4.78 is 1.32. The van der Waals surface area contributed by atoms with E-state index in [0.717, 1.165) is 4.57 Å². The summed E-state index contributed by atoms with van der Waals surface area (Å²) in [4.78, 5) is 25.9. The Hall–Kier alpha value is -1.04. The number of nitrogens with one attached hydrogen (secondary N) is 1. The van der Waals surface area contributed by atoms with Gasteiger partial charge < -0.3 is 4.98 Å². The van der Waals surface area contributed by atoms with E-state index in [9.17, 15) is 9.59 Å². The largest absolute Gasteiger partial charge is 0.328 e. The summed E-state index contributed by atoms with van der Waals surface area (Å²) in [6.07, 6.45) is 1.31. The van der Waals surface area contributed by atoms with Crippen molar-refractivity contribution in [3.8, 4) is 0 Å². The van der Waals surface area contributed by atoms with Gasteiger partial charge in [-0.2, -0.15) is 0 Å². The van der Waals surface area contributed by atoms with Gasteiger partial charge in [-0.3, -0.25) is 9.36 Å². The van der Waals surface area contributed by atoms with Crippen LogP contribution in [0.15, 0.2) is 38.5 Å². The molecule has 0 fully saturated rings.